The first-order valence-electron chi connectivity index (χ1n) is 11.6. The van der Waals surface area contributed by atoms with Gasteiger partial charge in [-0.05, 0) is 49.8 Å². The summed E-state index contributed by atoms with van der Waals surface area (Å²) < 4.78 is 1.62. The summed E-state index contributed by atoms with van der Waals surface area (Å²) in [6.07, 6.45) is 1.64. The van der Waals surface area contributed by atoms with Gasteiger partial charge in [-0.25, -0.2) is 4.98 Å². The maximum Gasteiger partial charge on any atom is 0.261 e. The summed E-state index contributed by atoms with van der Waals surface area (Å²) >= 11 is 6.07. The summed E-state index contributed by atoms with van der Waals surface area (Å²) in [6.45, 7) is 15.3. The summed E-state index contributed by atoms with van der Waals surface area (Å²) in [5.41, 5.74) is 0.802. The molecule has 2 aromatic rings. The Balaban J connectivity index is 1.71. The fourth-order valence-electron chi connectivity index (χ4n) is 5.04. The molecule has 6 nitrogen and oxygen atoms in total. The third kappa shape index (κ3) is 5.52. The van der Waals surface area contributed by atoms with Crippen LogP contribution >= 0.6 is 11.6 Å². The zero-order valence-corrected chi connectivity index (χ0v) is 21.2. The van der Waals surface area contributed by atoms with Gasteiger partial charge in [0.25, 0.3) is 5.56 Å². The lowest BCUT2D eigenvalue weighted by atomic mass is 9.84. The molecule has 0 aliphatic carbocycles. The fraction of sp³-hybridized carbons (Fsp3) is 0.640. The maximum absolute atomic E-state index is 13.0. The van der Waals surface area contributed by atoms with Crippen molar-refractivity contribution in [2.75, 3.05) is 19.6 Å². The molecule has 0 N–H and O–H groups in total. The normalized spacial score (nSPS) is 19.9. The summed E-state index contributed by atoms with van der Waals surface area (Å²) in [4.78, 5) is 35.0. The van der Waals surface area contributed by atoms with Gasteiger partial charge in [0.1, 0.15) is 5.82 Å². The Kier molecular flexibility index (Phi) is 7.35. The van der Waals surface area contributed by atoms with Gasteiger partial charge >= 0.3 is 0 Å². The molecule has 1 aromatic carbocycles. The van der Waals surface area contributed by atoms with Crippen molar-refractivity contribution in [2.45, 2.75) is 66.5 Å². The second-order valence-corrected chi connectivity index (χ2v) is 11.1. The van der Waals surface area contributed by atoms with Crippen molar-refractivity contribution in [3.8, 4) is 0 Å². The van der Waals surface area contributed by atoms with Crippen LogP contribution in [-0.4, -0.2) is 50.9 Å². The number of benzene rings is 1. The lowest BCUT2D eigenvalue weighted by molar-refractivity contribution is -0.137. The Morgan fingerprint density at radius 2 is 1.94 bits per heavy atom. The molecule has 1 aliphatic heterocycles. The van der Waals surface area contributed by atoms with Crippen molar-refractivity contribution >= 4 is 28.4 Å². The molecule has 2 heterocycles. The molecule has 0 radical (unpaired) electrons. The maximum atomic E-state index is 13.0. The highest BCUT2D eigenvalue weighted by Crippen LogP contribution is 2.28. The highest BCUT2D eigenvalue weighted by molar-refractivity contribution is 6.31. The van der Waals surface area contributed by atoms with Gasteiger partial charge in [0.2, 0.25) is 5.91 Å². The Bertz CT molecular complexity index is 1040. The number of hydrogen-bond donors (Lipinski definition) is 0. The number of aromatic nitrogens is 2. The van der Waals surface area contributed by atoms with Gasteiger partial charge in [-0.2, -0.15) is 0 Å². The number of carbonyl (C=O) groups excluding carboxylic acids is 1. The van der Waals surface area contributed by atoms with Crippen LogP contribution < -0.4 is 5.56 Å². The number of piperazine rings is 1. The van der Waals surface area contributed by atoms with Crippen molar-refractivity contribution < 1.29 is 4.79 Å². The minimum atomic E-state index is -0.0888. The predicted molar refractivity (Wildman–Crippen MR) is 131 cm³/mol. The van der Waals surface area contributed by atoms with Crippen LogP contribution in [0, 0.1) is 11.3 Å². The molecule has 3 rings (SSSR count). The monoisotopic (exact) mass is 460 g/mol. The second kappa shape index (κ2) is 9.52. The third-order valence-corrected chi connectivity index (χ3v) is 6.69. The molecule has 176 valence electrons. The van der Waals surface area contributed by atoms with Crippen LogP contribution in [0.4, 0.5) is 0 Å². The van der Waals surface area contributed by atoms with Crippen LogP contribution in [0.3, 0.4) is 0 Å². The molecule has 1 fully saturated rings. The van der Waals surface area contributed by atoms with Gasteiger partial charge in [-0.3, -0.25) is 19.1 Å². The quantitative estimate of drug-likeness (QED) is 0.652. The van der Waals surface area contributed by atoms with Gasteiger partial charge in [-0.1, -0.05) is 39.3 Å². The lowest BCUT2D eigenvalue weighted by Gasteiger charge is -2.42. The van der Waals surface area contributed by atoms with Crippen molar-refractivity contribution in [3.63, 3.8) is 0 Å². The van der Waals surface area contributed by atoms with Crippen molar-refractivity contribution in [1.82, 2.24) is 19.4 Å². The standard InChI is InChI=1S/C25H37ClN4O2/c1-16(14-25(4,5)6)12-22(31)30-11-10-29(15-17(30)2)18(3)23-27-21-9-8-19(26)13-20(21)24(32)28(23)7/h8-9,13,16-18H,10-12,14-15H2,1-7H3. The predicted octanol–water partition coefficient (Wildman–Crippen LogP) is 4.64. The molecule has 3 unspecified atom stereocenters. The number of carbonyl (C=O) groups is 1. The number of halogens is 1. The van der Waals surface area contributed by atoms with Gasteiger partial charge in [-0.15, -0.1) is 0 Å². The Hall–Kier alpha value is -1.92. The summed E-state index contributed by atoms with van der Waals surface area (Å²) in [6, 6.07) is 5.32. The van der Waals surface area contributed by atoms with Crippen LogP contribution in [0.15, 0.2) is 23.0 Å². The van der Waals surface area contributed by atoms with E-state index in [0.29, 0.717) is 34.8 Å². The molecular weight excluding hydrogens is 424 g/mol. The van der Waals surface area contributed by atoms with Crippen LogP contribution in [0.2, 0.25) is 5.02 Å². The van der Waals surface area contributed by atoms with Gasteiger partial charge in [0.15, 0.2) is 0 Å². The van der Waals surface area contributed by atoms with E-state index in [0.717, 1.165) is 25.3 Å². The van der Waals surface area contributed by atoms with E-state index >= 15 is 0 Å². The van der Waals surface area contributed by atoms with Gasteiger partial charge < -0.3 is 4.90 Å². The Morgan fingerprint density at radius 3 is 2.56 bits per heavy atom. The summed E-state index contributed by atoms with van der Waals surface area (Å²) in [7, 11) is 1.77. The summed E-state index contributed by atoms with van der Waals surface area (Å²) in [5, 5.41) is 1.06. The zero-order chi connectivity index (χ0) is 23.8. The number of rotatable bonds is 5. The topological polar surface area (TPSA) is 58.4 Å². The second-order valence-electron chi connectivity index (χ2n) is 10.7. The minimum absolute atomic E-state index is 0.0349. The molecule has 3 atom stereocenters. The van der Waals surface area contributed by atoms with Gasteiger partial charge in [0, 0.05) is 44.2 Å². The molecule has 0 spiro atoms. The number of nitrogens with zero attached hydrogens (tertiary/aromatic N) is 4. The van der Waals surface area contributed by atoms with Crippen LogP contribution in [-0.2, 0) is 11.8 Å². The number of amides is 1. The van der Waals surface area contributed by atoms with E-state index < -0.39 is 0 Å². The number of hydrogen-bond acceptors (Lipinski definition) is 4. The molecular formula is C25H37ClN4O2. The smallest absolute Gasteiger partial charge is 0.261 e. The van der Waals surface area contributed by atoms with E-state index in [-0.39, 0.29) is 29.0 Å². The van der Waals surface area contributed by atoms with Gasteiger partial charge in [0.05, 0.1) is 16.9 Å². The molecule has 0 bridgehead atoms. The van der Waals surface area contributed by atoms with Crippen LogP contribution in [0.1, 0.15) is 66.3 Å². The molecule has 1 amide bonds. The van der Waals surface area contributed by atoms with E-state index in [2.05, 4.69) is 46.4 Å². The minimum Gasteiger partial charge on any atom is -0.337 e. The molecule has 1 saturated heterocycles. The van der Waals surface area contributed by atoms with Crippen LogP contribution in [0.25, 0.3) is 10.9 Å². The first-order valence-corrected chi connectivity index (χ1v) is 11.9. The molecule has 7 heteroatoms. The fourth-order valence-corrected chi connectivity index (χ4v) is 5.21. The van der Waals surface area contributed by atoms with E-state index in [4.69, 9.17) is 16.6 Å². The van der Waals surface area contributed by atoms with Crippen molar-refractivity contribution in [1.29, 1.82) is 0 Å². The SMILES string of the molecule is CC(CC(=O)N1CCN(C(C)c2nc3ccc(Cl)cc3c(=O)n2C)CC1C)CC(C)(C)C. The van der Waals surface area contributed by atoms with Crippen molar-refractivity contribution in [3.05, 3.63) is 39.4 Å². The average Bonchev–Trinajstić information content (AvgIpc) is 2.68. The van der Waals surface area contributed by atoms with E-state index in [1.165, 1.54) is 0 Å². The lowest BCUT2D eigenvalue weighted by Crippen LogP contribution is -2.55. The average molecular weight is 461 g/mol. The van der Waals surface area contributed by atoms with Crippen LogP contribution in [0.5, 0.6) is 0 Å². The first kappa shape index (κ1) is 24.7. The number of fused-ring (bicyclic) bond motifs is 1. The van der Waals surface area contributed by atoms with E-state index in [1.54, 1.807) is 29.8 Å². The largest absolute Gasteiger partial charge is 0.337 e. The molecule has 1 aromatic heterocycles. The first-order chi connectivity index (χ1) is 14.9. The Labute approximate surface area is 196 Å². The van der Waals surface area contributed by atoms with E-state index in [9.17, 15) is 9.59 Å². The summed E-state index contributed by atoms with van der Waals surface area (Å²) in [5.74, 6) is 1.35. The van der Waals surface area contributed by atoms with E-state index in [1.807, 2.05) is 4.90 Å². The Morgan fingerprint density at radius 1 is 1.25 bits per heavy atom. The highest BCUT2D eigenvalue weighted by Gasteiger charge is 2.32. The molecule has 0 saturated carbocycles. The molecule has 32 heavy (non-hydrogen) atoms. The van der Waals surface area contributed by atoms with Crippen molar-refractivity contribution in [2.24, 2.45) is 18.4 Å². The third-order valence-electron chi connectivity index (χ3n) is 6.46. The molecule has 1 aliphatic rings. The zero-order valence-electron chi connectivity index (χ0n) is 20.5. The highest BCUT2D eigenvalue weighted by atomic mass is 35.5.